The molecule has 2 heterocycles. The minimum atomic E-state index is -0.364. The highest BCUT2D eigenvalue weighted by Crippen LogP contribution is 2.35. The van der Waals surface area contributed by atoms with E-state index in [-0.39, 0.29) is 24.9 Å². The Labute approximate surface area is 194 Å². The van der Waals surface area contributed by atoms with E-state index in [2.05, 4.69) is 10.3 Å². The minimum Gasteiger partial charge on any atom is -0.454 e. The van der Waals surface area contributed by atoms with Crippen molar-refractivity contribution in [2.24, 2.45) is 0 Å². The number of carbonyl (C=O) groups is 1. The topological polar surface area (TPSA) is 83.7 Å². The second-order valence-corrected chi connectivity index (χ2v) is 8.08. The molecule has 0 saturated carbocycles. The highest BCUT2D eigenvalue weighted by molar-refractivity contribution is 6.33. The Morgan fingerprint density at radius 1 is 0.970 bits per heavy atom. The van der Waals surface area contributed by atoms with Gasteiger partial charge in [0, 0.05) is 23.6 Å². The van der Waals surface area contributed by atoms with Crippen LogP contribution in [0.25, 0.3) is 10.9 Å². The number of carbonyl (C=O) groups excluding carboxylic acids is 1. The molecule has 0 bridgehead atoms. The predicted molar refractivity (Wildman–Crippen MR) is 127 cm³/mol. The van der Waals surface area contributed by atoms with Crippen molar-refractivity contribution >= 4 is 34.2 Å². The molecule has 7 nitrogen and oxygen atoms in total. The first-order valence-corrected chi connectivity index (χ1v) is 10.7. The number of pyridine rings is 1. The van der Waals surface area contributed by atoms with E-state index in [0.717, 1.165) is 10.9 Å². The number of hydrogen-bond acceptors (Lipinski definition) is 4. The van der Waals surface area contributed by atoms with Crippen LogP contribution in [0.3, 0.4) is 0 Å². The number of nitrogens with one attached hydrogen (secondary N) is 2. The maximum atomic E-state index is 13.2. The Bertz CT molecular complexity index is 1390. The molecule has 0 radical (unpaired) electrons. The maximum Gasteiger partial charge on any atom is 0.322 e. The van der Waals surface area contributed by atoms with Crippen LogP contribution in [-0.4, -0.2) is 22.7 Å². The number of urea groups is 1. The number of halogens is 1. The fourth-order valence-electron chi connectivity index (χ4n) is 3.72. The highest BCUT2D eigenvalue weighted by Gasteiger charge is 2.19. The lowest BCUT2D eigenvalue weighted by Gasteiger charge is -2.23. The molecule has 1 aliphatic rings. The van der Waals surface area contributed by atoms with Crippen molar-refractivity contribution in [3.05, 3.63) is 99.3 Å². The molecular formula is C25H20ClN3O4. The quantitative estimate of drug-likeness (QED) is 0.431. The van der Waals surface area contributed by atoms with E-state index >= 15 is 0 Å². The van der Waals surface area contributed by atoms with E-state index in [9.17, 15) is 9.59 Å². The summed E-state index contributed by atoms with van der Waals surface area (Å²) in [6.45, 7) is 0.566. The molecule has 0 spiro atoms. The predicted octanol–water partition coefficient (Wildman–Crippen LogP) is 5.14. The lowest BCUT2D eigenvalue weighted by atomic mass is 10.1. The number of fused-ring (bicyclic) bond motifs is 2. The van der Waals surface area contributed by atoms with Crippen LogP contribution in [-0.2, 0) is 13.1 Å². The third kappa shape index (κ3) is 4.49. The number of anilines is 1. The summed E-state index contributed by atoms with van der Waals surface area (Å²) in [5, 5.41) is 4.07. The molecule has 0 saturated heterocycles. The fourth-order valence-corrected chi connectivity index (χ4v) is 3.91. The number of amides is 2. The van der Waals surface area contributed by atoms with Crippen molar-refractivity contribution < 1.29 is 14.3 Å². The Morgan fingerprint density at radius 2 is 1.70 bits per heavy atom. The SMILES string of the molecule is O=C(Nc1ccccc1Cl)N(Cc1ccccc1)Cc1cc2cc3c(cc2[nH]c1=O)OCO3. The molecule has 166 valence electrons. The molecule has 33 heavy (non-hydrogen) atoms. The zero-order valence-corrected chi connectivity index (χ0v) is 18.3. The lowest BCUT2D eigenvalue weighted by molar-refractivity contribution is 0.174. The summed E-state index contributed by atoms with van der Waals surface area (Å²) in [4.78, 5) is 30.5. The molecule has 0 atom stereocenters. The monoisotopic (exact) mass is 461 g/mol. The van der Waals surface area contributed by atoms with E-state index in [1.54, 1.807) is 41.3 Å². The number of aromatic nitrogens is 1. The number of rotatable bonds is 5. The largest absolute Gasteiger partial charge is 0.454 e. The van der Waals surface area contributed by atoms with Gasteiger partial charge in [0.2, 0.25) is 6.79 Å². The molecule has 2 N–H and O–H groups in total. The summed E-state index contributed by atoms with van der Waals surface area (Å²) in [6.07, 6.45) is 0. The van der Waals surface area contributed by atoms with Crippen LogP contribution in [0.1, 0.15) is 11.1 Å². The molecule has 0 aliphatic carbocycles. The van der Waals surface area contributed by atoms with E-state index in [0.29, 0.717) is 39.8 Å². The van der Waals surface area contributed by atoms with Crippen LogP contribution < -0.4 is 20.3 Å². The van der Waals surface area contributed by atoms with Gasteiger partial charge in [-0.2, -0.15) is 0 Å². The summed E-state index contributed by atoms with van der Waals surface area (Å²) in [5.41, 5.74) is 2.26. The number of nitrogens with zero attached hydrogens (tertiary/aromatic N) is 1. The standard InChI is InChI=1S/C25H20ClN3O4/c26-19-8-4-5-9-20(19)28-25(31)29(13-16-6-2-1-3-7-16)14-18-10-17-11-22-23(33-15-32-22)12-21(17)27-24(18)30/h1-12H,13-15H2,(H,27,30)(H,28,31). The fraction of sp³-hybridized carbons (Fsp3) is 0.120. The smallest absolute Gasteiger partial charge is 0.322 e. The Balaban J connectivity index is 1.47. The van der Waals surface area contributed by atoms with Gasteiger partial charge in [-0.3, -0.25) is 4.79 Å². The molecule has 0 fully saturated rings. The van der Waals surface area contributed by atoms with E-state index < -0.39 is 0 Å². The molecule has 8 heteroatoms. The van der Waals surface area contributed by atoms with Crippen LogP contribution in [0.2, 0.25) is 5.02 Å². The molecule has 1 aromatic heterocycles. The van der Waals surface area contributed by atoms with Gasteiger partial charge in [0.25, 0.3) is 5.56 Å². The summed E-state index contributed by atoms with van der Waals surface area (Å²) >= 11 is 6.22. The van der Waals surface area contributed by atoms with Gasteiger partial charge < -0.3 is 24.7 Å². The Kier molecular flexibility index (Phi) is 5.62. The third-order valence-corrected chi connectivity index (χ3v) is 5.72. The first-order valence-electron chi connectivity index (χ1n) is 10.4. The summed E-state index contributed by atoms with van der Waals surface area (Å²) in [6, 6.07) is 21.6. The minimum absolute atomic E-state index is 0.102. The van der Waals surface area contributed by atoms with Gasteiger partial charge in [-0.05, 0) is 29.8 Å². The van der Waals surface area contributed by atoms with Gasteiger partial charge in [0.05, 0.1) is 22.8 Å². The molecule has 2 amide bonds. The van der Waals surface area contributed by atoms with E-state index in [1.165, 1.54) is 0 Å². The van der Waals surface area contributed by atoms with Crippen LogP contribution in [0.4, 0.5) is 10.5 Å². The van der Waals surface area contributed by atoms with Crippen molar-refractivity contribution in [2.75, 3.05) is 12.1 Å². The van der Waals surface area contributed by atoms with Crippen LogP contribution >= 0.6 is 11.6 Å². The van der Waals surface area contributed by atoms with Gasteiger partial charge in [0.1, 0.15) is 0 Å². The Morgan fingerprint density at radius 3 is 2.48 bits per heavy atom. The molecular weight excluding hydrogens is 442 g/mol. The van der Waals surface area contributed by atoms with Gasteiger partial charge in [-0.1, -0.05) is 54.1 Å². The van der Waals surface area contributed by atoms with Gasteiger partial charge >= 0.3 is 6.03 Å². The number of H-pyrrole nitrogens is 1. The van der Waals surface area contributed by atoms with Crippen molar-refractivity contribution in [3.8, 4) is 11.5 Å². The van der Waals surface area contributed by atoms with Crippen molar-refractivity contribution in [1.29, 1.82) is 0 Å². The van der Waals surface area contributed by atoms with Gasteiger partial charge in [0.15, 0.2) is 11.5 Å². The van der Waals surface area contributed by atoms with Gasteiger partial charge in [-0.15, -0.1) is 0 Å². The van der Waals surface area contributed by atoms with Crippen molar-refractivity contribution in [3.63, 3.8) is 0 Å². The average molecular weight is 462 g/mol. The first-order chi connectivity index (χ1) is 16.1. The Hall–Kier alpha value is -3.97. The zero-order chi connectivity index (χ0) is 22.8. The van der Waals surface area contributed by atoms with Crippen molar-refractivity contribution in [2.45, 2.75) is 13.1 Å². The molecule has 3 aromatic carbocycles. The molecule has 5 rings (SSSR count). The maximum absolute atomic E-state index is 13.2. The molecule has 0 unspecified atom stereocenters. The molecule has 1 aliphatic heterocycles. The lowest BCUT2D eigenvalue weighted by Crippen LogP contribution is -2.35. The van der Waals surface area contributed by atoms with Crippen LogP contribution in [0, 0.1) is 0 Å². The first kappa shape index (κ1) is 20.9. The zero-order valence-electron chi connectivity index (χ0n) is 17.5. The van der Waals surface area contributed by atoms with E-state index in [1.807, 2.05) is 36.4 Å². The summed E-state index contributed by atoms with van der Waals surface area (Å²) < 4.78 is 10.8. The van der Waals surface area contributed by atoms with Crippen LogP contribution in [0.5, 0.6) is 11.5 Å². The van der Waals surface area contributed by atoms with E-state index in [4.69, 9.17) is 21.1 Å². The second kappa shape index (κ2) is 8.88. The van der Waals surface area contributed by atoms with Crippen molar-refractivity contribution in [1.82, 2.24) is 9.88 Å². The molecule has 4 aromatic rings. The third-order valence-electron chi connectivity index (χ3n) is 5.39. The number of ether oxygens (including phenoxy) is 2. The number of aromatic amines is 1. The summed E-state index contributed by atoms with van der Waals surface area (Å²) in [5.74, 6) is 1.22. The number of benzene rings is 3. The average Bonchev–Trinajstić information content (AvgIpc) is 3.27. The number of hydrogen-bond donors (Lipinski definition) is 2. The number of para-hydroxylation sites is 1. The highest BCUT2D eigenvalue weighted by atomic mass is 35.5. The summed E-state index contributed by atoms with van der Waals surface area (Å²) in [7, 11) is 0. The van der Waals surface area contributed by atoms with Gasteiger partial charge in [-0.25, -0.2) is 4.79 Å². The van der Waals surface area contributed by atoms with Crippen LogP contribution in [0.15, 0.2) is 77.6 Å². The second-order valence-electron chi connectivity index (χ2n) is 7.67. The normalized spacial score (nSPS) is 12.0.